The monoisotopic (exact) mass is 247 g/mol. The predicted molar refractivity (Wildman–Crippen MR) is 71.9 cm³/mol. The maximum absolute atomic E-state index is 12.3. The van der Waals surface area contributed by atoms with E-state index in [0.29, 0.717) is 12.1 Å². The lowest BCUT2D eigenvalue weighted by Gasteiger charge is -2.26. The molecular formula is C14H21N3O. The highest BCUT2D eigenvalue weighted by Crippen LogP contribution is 2.30. The van der Waals surface area contributed by atoms with Crippen LogP contribution in [0.1, 0.15) is 32.4 Å². The van der Waals surface area contributed by atoms with E-state index in [-0.39, 0.29) is 11.9 Å². The van der Waals surface area contributed by atoms with Gasteiger partial charge in [0, 0.05) is 18.3 Å². The minimum absolute atomic E-state index is 0.161. The first-order valence-corrected chi connectivity index (χ1v) is 6.56. The van der Waals surface area contributed by atoms with Crippen molar-refractivity contribution in [1.29, 1.82) is 0 Å². The highest BCUT2D eigenvalue weighted by Gasteiger charge is 2.28. The molecule has 2 rings (SSSR count). The van der Waals surface area contributed by atoms with Gasteiger partial charge in [0.25, 0.3) is 0 Å². The number of carbonyl (C=O) groups is 1. The minimum atomic E-state index is 0.161. The van der Waals surface area contributed by atoms with Gasteiger partial charge in [-0.25, -0.2) is 0 Å². The molecule has 0 bridgehead atoms. The van der Waals surface area contributed by atoms with Crippen LogP contribution in [0.3, 0.4) is 0 Å². The van der Waals surface area contributed by atoms with Gasteiger partial charge in [0.05, 0.1) is 18.3 Å². The quantitative estimate of drug-likeness (QED) is 0.864. The SMILES string of the molecule is CC(C)N(CC1CC1)C(=O)Cc1ccc(N)cn1. The van der Waals surface area contributed by atoms with Gasteiger partial charge in [0.1, 0.15) is 0 Å². The van der Waals surface area contributed by atoms with Crippen LogP contribution in [0, 0.1) is 5.92 Å². The predicted octanol–water partition coefficient (Wildman–Crippen LogP) is 1.85. The lowest BCUT2D eigenvalue weighted by molar-refractivity contribution is -0.132. The van der Waals surface area contributed by atoms with Crippen LogP contribution in [-0.4, -0.2) is 28.4 Å². The Balaban J connectivity index is 1.97. The van der Waals surface area contributed by atoms with Crippen LogP contribution in [0.5, 0.6) is 0 Å². The van der Waals surface area contributed by atoms with Crippen molar-refractivity contribution in [2.75, 3.05) is 12.3 Å². The number of anilines is 1. The molecule has 1 amide bonds. The third-order valence-electron chi connectivity index (χ3n) is 3.28. The molecule has 1 aromatic heterocycles. The second kappa shape index (κ2) is 5.38. The molecule has 2 N–H and O–H groups in total. The first-order chi connectivity index (χ1) is 8.56. The molecule has 18 heavy (non-hydrogen) atoms. The summed E-state index contributed by atoms with van der Waals surface area (Å²) in [6.45, 7) is 5.03. The number of amides is 1. The fourth-order valence-electron chi connectivity index (χ4n) is 1.98. The third-order valence-corrected chi connectivity index (χ3v) is 3.28. The molecule has 1 aromatic rings. The van der Waals surface area contributed by atoms with Crippen LogP contribution in [0.15, 0.2) is 18.3 Å². The number of nitrogen functional groups attached to an aromatic ring is 1. The van der Waals surface area contributed by atoms with E-state index < -0.39 is 0 Å². The van der Waals surface area contributed by atoms with Gasteiger partial charge in [-0.3, -0.25) is 9.78 Å². The zero-order valence-corrected chi connectivity index (χ0v) is 11.1. The average Bonchev–Trinajstić information content (AvgIpc) is 3.12. The van der Waals surface area contributed by atoms with Crippen molar-refractivity contribution >= 4 is 11.6 Å². The van der Waals surface area contributed by atoms with Crippen molar-refractivity contribution in [2.45, 2.75) is 39.2 Å². The Morgan fingerprint density at radius 3 is 2.72 bits per heavy atom. The summed E-state index contributed by atoms with van der Waals surface area (Å²) in [4.78, 5) is 18.4. The van der Waals surface area contributed by atoms with Gasteiger partial charge in [-0.2, -0.15) is 0 Å². The molecule has 4 nitrogen and oxygen atoms in total. The van der Waals surface area contributed by atoms with Crippen LogP contribution in [-0.2, 0) is 11.2 Å². The maximum Gasteiger partial charge on any atom is 0.228 e. The maximum atomic E-state index is 12.3. The highest BCUT2D eigenvalue weighted by atomic mass is 16.2. The Hall–Kier alpha value is -1.58. The molecule has 0 atom stereocenters. The molecule has 1 aliphatic carbocycles. The molecule has 1 fully saturated rings. The van der Waals surface area contributed by atoms with Crippen molar-refractivity contribution < 1.29 is 4.79 Å². The fourth-order valence-corrected chi connectivity index (χ4v) is 1.98. The van der Waals surface area contributed by atoms with E-state index in [1.165, 1.54) is 12.8 Å². The van der Waals surface area contributed by atoms with Crippen LogP contribution in [0.2, 0.25) is 0 Å². The van der Waals surface area contributed by atoms with Gasteiger partial charge in [-0.05, 0) is 44.7 Å². The summed E-state index contributed by atoms with van der Waals surface area (Å²) < 4.78 is 0. The molecule has 1 saturated carbocycles. The Bertz CT molecular complexity index is 410. The van der Waals surface area contributed by atoms with Crippen LogP contribution in [0.4, 0.5) is 5.69 Å². The number of rotatable bonds is 5. The summed E-state index contributed by atoms with van der Waals surface area (Å²) in [5.74, 6) is 0.880. The van der Waals surface area contributed by atoms with E-state index in [1.807, 2.05) is 11.0 Å². The van der Waals surface area contributed by atoms with Gasteiger partial charge in [0.2, 0.25) is 5.91 Å². The minimum Gasteiger partial charge on any atom is -0.397 e. The molecule has 0 unspecified atom stereocenters. The standard InChI is InChI=1S/C14H21N3O/c1-10(2)17(9-11-3-4-11)14(18)7-13-6-5-12(15)8-16-13/h5-6,8,10-11H,3-4,7,9,15H2,1-2H3. The summed E-state index contributed by atoms with van der Waals surface area (Å²) in [7, 11) is 0. The summed E-state index contributed by atoms with van der Waals surface area (Å²) in [5.41, 5.74) is 7.00. The van der Waals surface area contributed by atoms with Crippen molar-refractivity contribution in [3.05, 3.63) is 24.0 Å². The fraction of sp³-hybridized carbons (Fsp3) is 0.571. The number of carbonyl (C=O) groups excluding carboxylic acids is 1. The van der Waals surface area contributed by atoms with Crippen LogP contribution < -0.4 is 5.73 Å². The van der Waals surface area contributed by atoms with Gasteiger partial charge in [-0.1, -0.05) is 0 Å². The second-order valence-electron chi connectivity index (χ2n) is 5.34. The van der Waals surface area contributed by atoms with Crippen molar-refractivity contribution in [2.24, 2.45) is 5.92 Å². The summed E-state index contributed by atoms with van der Waals surface area (Å²) in [5, 5.41) is 0. The topological polar surface area (TPSA) is 59.2 Å². The smallest absolute Gasteiger partial charge is 0.228 e. The Labute approximate surface area is 108 Å². The number of nitrogens with zero attached hydrogens (tertiary/aromatic N) is 2. The molecule has 1 aliphatic rings. The Morgan fingerprint density at radius 2 is 2.22 bits per heavy atom. The van der Waals surface area contributed by atoms with Gasteiger partial charge >= 0.3 is 0 Å². The van der Waals surface area contributed by atoms with Crippen molar-refractivity contribution in [3.8, 4) is 0 Å². The zero-order chi connectivity index (χ0) is 13.1. The molecule has 1 heterocycles. The lowest BCUT2D eigenvalue weighted by atomic mass is 10.2. The number of aromatic nitrogens is 1. The number of hydrogen-bond acceptors (Lipinski definition) is 3. The van der Waals surface area contributed by atoms with Gasteiger partial charge in [-0.15, -0.1) is 0 Å². The first kappa shape index (κ1) is 12.9. The van der Waals surface area contributed by atoms with Crippen LogP contribution >= 0.6 is 0 Å². The third kappa shape index (κ3) is 3.45. The van der Waals surface area contributed by atoms with Gasteiger partial charge < -0.3 is 10.6 Å². The summed E-state index contributed by atoms with van der Waals surface area (Å²) in [6, 6.07) is 3.87. The number of hydrogen-bond donors (Lipinski definition) is 1. The Kier molecular flexibility index (Phi) is 3.84. The molecule has 4 heteroatoms. The highest BCUT2D eigenvalue weighted by molar-refractivity contribution is 5.78. The van der Waals surface area contributed by atoms with E-state index in [9.17, 15) is 4.79 Å². The summed E-state index contributed by atoms with van der Waals surface area (Å²) in [6.07, 6.45) is 4.49. The van der Waals surface area contributed by atoms with Crippen LogP contribution in [0.25, 0.3) is 0 Å². The number of nitrogens with two attached hydrogens (primary N) is 1. The van der Waals surface area contributed by atoms with E-state index in [2.05, 4.69) is 18.8 Å². The van der Waals surface area contributed by atoms with Gasteiger partial charge in [0.15, 0.2) is 0 Å². The molecule has 0 spiro atoms. The van der Waals surface area contributed by atoms with Crippen molar-refractivity contribution in [1.82, 2.24) is 9.88 Å². The van der Waals surface area contributed by atoms with E-state index in [1.54, 1.807) is 12.3 Å². The van der Waals surface area contributed by atoms with E-state index in [0.717, 1.165) is 18.2 Å². The van der Waals surface area contributed by atoms with E-state index >= 15 is 0 Å². The average molecular weight is 247 g/mol. The zero-order valence-electron chi connectivity index (χ0n) is 11.1. The normalized spacial score (nSPS) is 14.8. The molecule has 0 aromatic carbocycles. The summed E-state index contributed by atoms with van der Waals surface area (Å²) >= 11 is 0. The Morgan fingerprint density at radius 1 is 1.50 bits per heavy atom. The molecule has 98 valence electrons. The molecule has 0 saturated heterocycles. The molecule has 0 radical (unpaired) electrons. The second-order valence-corrected chi connectivity index (χ2v) is 5.34. The molecule has 0 aliphatic heterocycles. The molecular weight excluding hydrogens is 226 g/mol. The van der Waals surface area contributed by atoms with Crippen molar-refractivity contribution in [3.63, 3.8) is 0 Å². The number of pyridine rings is 1. The lowest BCUT2D eigenvalue weighted by Crippen LogP contribution is -2.39. The largest absolute Gasteiger partial charge is 0.397 e. The van der Waals surface area contributed by atoms with E-state index in [4.69, 9.17) is 5.73 Å². The first-order valence-electron chi connectivity index (χ1n) is 6.56.